The van der Waals surface area contributed by atoms with E-state index >= 15 is 0 Å². The molecule has 24 heavy (non-hydrogen) atoms. The van der Waals surface area contributed by atoms with Crippen molar-refractivity contribution < 1.29 is 13.2 Å². The molecule has 128 valence electrons. The van der Waals surface area contributed by atoms with E-state index in [-0.39, 0.29) is 10.9 Å². The summed E-state index contributed by atoms with van der Waals surface area (Å²) in [5.41, 5.74) is 3.83. The maximum atomic E-state index is 11.9. The molecule has 0 saturated heterocycles. The summed E-state index contributed by atoms with van der Waals surface area (Å²) in [6, 6.07) is 11.8. The number of primary sulfonamides is 1. The van der Waals surface area contributed by atoms with Crippen molar-refractivity contribution in [3.05, 3.63) is 59.2 Å². The molecule has 0 aliphatic carbocycles. The molecule has 0 saturated carbocycles. The molecule has 7 heteroatoms. The number of nitrogens with one attached hydrogen (secondary N) is 2. The Bertz CT molecular complexity index is 831. The average molecular weight is 347 g/mol. The molecule has 6 nitrogen and oxygen atoms in total. The maximum absolute atomic E-state index is 11.9. The van der Waals surface area contributed by atoms with Crippen molar-refractivity contribution >= 4 is 21.7 Å². The number of hydrogen-bond acceptors (Lipinski definition) is 3. The Hall–Kier alpha value is -2.38. The van der Waals surface area contributed by atoms with Crippen LogP contribution in [0, 0.1) is 13.8 Å². The Morgan fingerprint density at radius 2 is 1.75 bits per heavy atom. The molecule has 0 aliphatic rings. The highest BCUT2D eigenvalue weighted by atomic mass is 32.2. The van der Waals surface area contributed by atoms with Crippen LogP contribution >= 0.6 is 0 Å². The number of aryl methyl sites for hydroxylation is 2. The second kappa shape index (κ2) is 7.46. The van der Waals surface area contributed by atoms with E-state index in [0.717, 1.165) is 22.4 Å². The second-order valence-electron chi connectivity index (χ2n) is 5.64. The van der Waals surface area contributed by atoms with Gasteiger partial charge in [0.05, 0.1) is 4.90 Å². The molecule has 0 aliphatic heterocycles. The van der Waals surface area contributed by atoms with Crippen LogP contribution in [0.15, 0.2) is 47.4 Å². The van der Waals surface area contributed by atoms with Gasteiger partial charge in [-0.15, -0.1) is 0 Å². The molecule has 0 unspecified atom stereocenters. The lowest BCUT2D eigenvalue weighted by Crippen LogP contribution is -2.30. The topological polar surface area (TPSA) is 101 Å². The summed E-state index contributed by atoms with van der Waals surface area (Å²) < 4.78 is 22.4. The molecule has 2 aromatic rings. The normalized spacial score (nSPS) is 11.1. The first kappa shape index (κ1) is 18.0. The first-order valence-electron chi connectivity index (χ1n) is 7.49. The molecule has 2 aromatic carbocycles. The predicted molar refractivity (Wildman–Crippen MR) is 94.5 cm³/mol. The van der Waals surface area contributed by atoms with Crippen LogP contribution in [-0.2, 0) is 16.4 Å². The minimum atomic E-state index is -3.68. The van der Waals surface area contributed by atoms with E-state index in [1.165, 1.54) is 12.1 Å². The number of carbonyl (C=O) groups is 1. The molecular formula is C17H21N3O3S. The fourth-order valence-corrected chi connectivity index (χ4v) is 2.80. The van der Waals surface area contributed by atoms with Gasteiger partial charge >= 0.3 is 6.03 Å². The fraction of sp³-hybridized carbons (Fsp3) is 0.235. The van der Waals surface area contributed by atoms with E-state index in [0.29, 0.717) is 13.0 Å². The van der Waals surface area contributed by atoms with E-state index < -0.39 is 10.0 Å². The molecule has 2 amide bonds. The van der Waals surface area contributed by atoms with Gasteiger partial charge in [-0.25, -0.2) is 18.4 Å². The molecule has 0 fully saturated rings. The second-order valence-corrected chi connectivity index (χ2v) is 7.20. The molecule has 0 heterocycles. The molecule has 4 N–H and O–H groups in total. The Morgan fingerprint density at radius 1 is 1.08 bits per heavy atom. The Balaban J connectivity index is 1.84. The van der Waals surface area contributed by atoms with Crippen molar-refractivity contribution in [3.63, 3.8) is 0 Å². The fourth-order valence-electron chi connectivity index (χ4n) is 2.29. The van der Waals surface area contributed by atoms with E-state index in [1.54, 1.807) is 12.1 Å². The minimum Gasteiger partial charge on any atom is -0.338 e. The third kappa shape index (κ3) is 5.07. The zero-order valence-corrected chi connectivity index (χ0v) is 14.5. The third-order valence-electron chi connectivity index (χ3n) is 3.58. The van der Waals surface area contributed by atoms with Crippen LogP contribution in [0.5, 0.6) is 0 Å². The van der Waals surface area contributed by atoms with Gasteiger partial charge in [-0.05, 0) is 49.6 Å². The van der Waals surface area contributed by atoms with E-state index in [1.807, 2.05) is 32.0 Å². The molecule has 0 atom stereocenters. The van der Waals surface area contributed by atoms with Crippen LogP contribution in [-0.4, -0.2) is 21.0 Å². The quantitative estimate of drug-likeness (QED) is 0.773. The lowest BCUT2D eigenvalue weighted by molar-refractivity contribution is 0.252. The van der Waals surface area contributed by atoms with E-state index in [9.17, 15) is 13.2 Å². The van der Waals surface area contributed by atoms with Crippen molar-refractivity contribution in [1.82, 2.24) is 5.32 Å². The number of urea groups is 1. The largest absolute Gasteiger partial charge is 0.338 e. The zero-order chi connectivity index (χ0) is 17.7. The minimum absolute atomic E-state index is 0.0757. The molecule has 0 aromatic heterocycles. The van der Waals surface area contributed by atoms with Gasteiger partial charge < -0.3 is 10.6 Å². The SMILES string of the molecule is Cc1ccc(NC(=O)NCCc2ccc(S(N)(=O)=O)cc2)c(C)c1. The first-order valence-corrected chi connectivity index (χ1v) is 9.04. The standard InChI is InChI=1S/C17H21N3O3S/c1-12-3-8-16(13(2)11-12)20-17(21)19-10-9-14-4-6-15(7-5-14)24(18,22)23/h3-8,11H,9-10H2,1-2H3,(H2,18,22,23)(H2,19,20,21). The van der Waals surface area contributed by atoms with Crippen LogP contribution in [0.4, 0.5) is 10.5 Å². The highest BCUT2D eigenvalue weighted by Gasteiger charge is 2.07. The summed E-state index contributed by atoms with van der Waals surface area (Å²) in [6.07, 6.45) is 0.588. The van der Waals surface area contributed by atoms with Crippen LogP contribution in [0.25, 0.3) is 0 Å². The molecule has 0 bridgehead atoms. The van der Waals surface area contributed by atoms with Gasteiger partial charge in [-0.1, -0.05) is 29.8 Å². The third-order valence-corrected chi connectivity index (χ3v) is 4.51. The lowest BCUT2D eigenvalue weighted by atomic mass is 10.1. The van der Waals surface area contributed by atoms with Gasteiger partial charge in [0.25, 0.3) is 0 Å². The average Bonchev–Trinajstić information content (AvgIpc) is 2.50. The first-order chi connectivity index (χ1) is 11.3. The summed E-state index contributed by atoms with van der Waals surface area (Å²) in [6.45, 7) is 4.37. The van der Waals surface area contributed by atoms with Gasteiger partial charge in [-0.2, -0.15) is 0 Å². The van der Waals surface area contributed by atoms with Crippen LogP contribution in [0.2, 0.25) is 0 Å². The van der Waals surface area contributed by atoms with Gasteiger partial charge in [-0.3, -0.25) is 0 Å². The van der Waals surface area contributed by atoms with Crippen molar-refractivity contribution in [2.24, 2.45) is 5.14 Å². The van der Waals surface area contributed by atoms with Crippen molar-refractivity contribution in [3.8, 4) is 0 Å². The molecule has 0 spiro atoms. The summed E-state index contributed by atoms with van der Waals surface area (Å²) in [4.78, 5) is 12.0. The van der Waals surface area contributed by atoms with Gasteiger partial charge in [0.2, 0.25) is 10.0 Å². The number of nitrogens with two attached hydrogens (primary N) is 1. The number of anilines is 1. The highest BCUT2D eigenvalue weighted by Crippen LogP contribution is 2.15. The Kier molecular flexibility index (Phi) is 5.58. The van der Waals surface area contributed by atoms with Crippen LogP contribution in [0.1, 0.15) is 16.7 Å². The van der Waals surface area contributed by atoms with E-state index in [2.05, 4.69) is 10.6 Å². The number of hydrogen-bond donors (Lipinski definition) is 3. The Labute approximate surface area is 142 Å². The van der Waals surface area contributed by atoms with Crippen LogP contribution in [0.3, 0.4) is 0 Å². The maximum Gasteiger partial charge on any atom is 0.319 e. The lowest BCUT2D eigenvalue weighted by Gasteiger charge is -2.10. The number of rotatable bonds is 5. The zero-order valence-electron chi connectivity index (χ0n) is 13.7. The summed E-state index contributed by atoms with van der Waals surface area (Å²) in [7, 11) is -3.68. The highest BCUT2D eigenvalue weighted by molar-refractivity contribution is 7.89. The monoisotopic (exact) mass is 347 g/mol. The molecular weight excluding hydrogens is 326 g/mol. The number of amides is 2. The predicted octanol–water partition coefficient (Wildman–Crippen LogP) is 2.32. The van der Waals surface area contributed by atoms with Gasteiger partial charge in [0, 0.05) is 12.2 Å². The van der Waals surface area contributed by atoms with Crippen molar-refractivity contribution in [2.45, 2.75) is 25.2 Å². The van der Waals surface area contributed by atoms with Gasteiger partial charge in [0.15, 0.2) is 0 Å². The summed E-state index contributed by atoms with van der Waals surface area (Å²) in [5, 5.41) is 10.6. The van der Waals surface area contributed by atoms with Gasteiger partial charge in [0.1, 0.15) is 0 Å². The summed E-state index contributed by atoms with van der Waals surface area (Å²) >= 11 is 0. The number of carbonyl (C=O) groups excluding carboxylic acids is 1. The van der Waals surface area contributed by atoms with Crippen LogP contribution < -0.4 is 15.8 Å². The van der Waals surface area contributed by atoms with Crippen molar-refractivity contribution in [2.75, 3.05) is 11.9 Å². The Morgan fingerprint density at radius 3 is 2.33 bits per heavy atom. The molecule has 2 rings (SSSR count). The summed E-state index contributed by atoms with van der Waals surface area (Å²) in [5.74, 6) is 0. The molecule has 0 radical (unpaired) electrons. The number of benzene rings is 2. The van der Waals surface area contributed by atoms with E-state index in [4.69, 9.17) is 5.14 Å². The number of sulfonamides is 1. The van der Waals surface area contributed by atoms with Crippen molar-refractivity contribution in [1.29, 1.82) is 0 Å². The smallest absolute Gasteiger partial charge is 0.319 e.